The Morgan fingerprint density at radius 3 is 1.32 bits per heavy atom. The molecule has 11 heteroatoms. The van der Waals surface area contributed by atoms with Gasteiger partial charge < -0.3 is 50.2 Å². The molecule has 0 saturated heterocycles. The Morgan fingerprint density at radius 1 is 0.750 bits per heavy atom. The van der Waals surface area contributed by atoms with E-state index >= 15 is 0 Å². The van der Waals surface area contributed by atoms with Crippen LogP contribution in [0.2, 0.25) is 0 Å². The molecule has 0 aliphatic heterocycles. The number of nitrogens with one attached hydrogen (secondary N) is 1. The highest BCUT2D eigenvalue weighted by atomic mass is 16.5. The van der Waals surface area contributed by atoms with Crippen molar-refractivity contribution >= 4 is 5.91 Å². The van der Waals surface area contributed by atoms with Gasteiger partial charge in [0.05, 0.1) is 39.6 Å². The van der Waals surface area contributed by atoms with Crippen LogP contribution in [-0.2, 0) is 19.0 Å². The fraction of sp³-hybridized carbons (Fsp3) is 0.941. The lowest BCUT2D eigenvalue weighted by Gasteiger charge is -2.21. The summed E-state index contributed by atoms with van der Waals surface area (Å²) >= 11 is 0. The van der Waals surface area contributed by atoms with Gasteiger partial charge in [-0.15, -0.1) is 0 Å². The maximum atomic E-state index is 11.1. The van der Waals surface area contributed by atoms with Crippen molar-refractivity contribution in [1.82, 2.24) is 5.32 Å². The van der Waals surface area contributed by atoms with E-state index in [1.165, 1.54) is 14.0 Å². The topological polar surface area (TPSA) is 178 Å². The molecule has 0 aromatic rings. The summed E-state index contributed by atoms with van der Waals surface area (Å²) < 4.78 is 15.0. The minimum Gasteiger partial charge on any atom is -0.394 e. The number of amides is 1. The van der Waals surface area contributed by atoms with Crippen molar-refractivity contribution in [3.05, 3.63) is 0 Å². The lowest BCUT2D eigenvalue weighted by atomic mass is 10.1. The van der Waals surface area contributed by atoms with Crippen molar-refractivity contribution in [3.63, 3.8) is 0 Å². The van der Waals surface area contributed by atoms with Crippen LogP contribution in [0.25, 0.3) is 0 Å². The van der Waals surface area contributed by atoms with E-state index in [2.05, 4.69) is 10.1 Å². The van der Waals surface area contributed by atoms with Crippen molar-refractivity contribution in [2.75, 3.05) is 60.0 Å². The Bertz CT molecular complexity index is 312. The van der Waals surface area contributed by atoms with E-state index < -0.39 is 18.3 Å². The Hall–Kier alpha value is -0.890. The average Bonchev–Trinajstić information content (AvgIpc) is 2.69. The van der Waals surface area contributed by atoms with Crippen molar-refractivity contribution in [2.24, 2.45) is 0 Å². The predicted molar refractivity (Wildman–Crippen MR) is 99.6 cm³/mol. The fourth-order valence-corrected chi connectivity index (χ4v) is 1.86. The van der Waals surface area contributed by atoms with E-state index in [0.29, 0.717) is 12.8 Å². The van der Waals surface area contributed by atoms with Gasteiger partial charge in [-0.05, 0) is 12.8 Å². The van der Waals surface area contributed by atoms with Gasteiger partial charge in [0, 0.05) is 33.3 Å². The first-order valence-corrected chi connectivity index (χ1v) is 9.10. The third-order valence-electron chi connectivity index (χ3n) is 3.60. The highest BCUT2D eigenvalue weighted by molar-refractivity contribution is 5.73. The normalized spacial score (nSPS) is 11.3. The van der Waals surface area contributed by atoms with Gasteiger partial charge >= 0.3 is 0 Å². The summed E-state index contributed by atoms with van der Waals surface area (Å²) in [4.78, 5) is 11.1. The first-order chi connectivity index (χ1) is 13.4. The van der Waals surface area contributed by atoms with E-state index in [0.717, 1.165) is 0 Å². The molecular formula is C17H37NO10. The van der Waals surface area contributed by atoms with Crippen LogP contribution in [0.5, 0.6) is 0 Å². The number of hydrogen-bond donors (Lipinski definition) is 7. The van der Waals surface area contributed by atoms with Gasteiger partial charge in [-0.25, -0.2) is 0 Å². The minimum absolute atomic E-state index is 0.118. The molecule has 0 aromatic carbocycles. The molecule has 0 bridgehead atoms. The van der Waals surface area contributed by atoms with Crippen LogP contribution in [0.3, 0.4) is 0 Å². The zero-order chi connectivity index (χ0) is 21.8. The lowest BCUT2D eigenvalue weighted by Crippen LogP contribution is -2.36. The summed E-state index contributed by atoms with van der Waals surface area (Å²) in [6.07, 6.45) is -0.634. The number of methoxy groups -OCH3 is 1. The van der Waals surface area contributed by atoms with Gasteiger partial charge in [-0.2, -0.15) is 0 Å². The first kappa shape index (κ1) is 29.3. The van der Waals surface area contributed by atoms with Crippen LogP contribution in [0.1, 0.15) is 19.8 Å². The van der Waals surface area contributed by atoms with Gasteiger partial charge in [0.2, 0.25) is 5.91 Å². The Labute approximate surface area is 165 Å². The summed E-state index contributed by atoms with van der Waals surface area (Å²) in [5.41, 5.74) is 0. The number of rotatable bonds is 16. The Kier molecular flexibility index (Phi) is 21.8. The van der Waals surface area contributed by atoms with E-state index in [4.69, 9.17) is 40.1 Å². The van der Waals surface area contributed by atoms with Gasteiger partial charge in [-0.1, -0.05) is 0 Å². The SMILES string of the molecule is CC(=O)NC(CCOC(CO)CO)CCOC(CO)CO.COC(CO)CO. The molecule has 28 heavy (non-hydrogen) atoms. The van der Waals surface area contributed by atoms with Crippen molar-refractivity contribution in [1.29, 1.82) is 0 Å². The van der Waals surface area contributed by atoms with Crippen LogP contribution in [0, 0.1) is 0 Å². The molecule has 170 valence electrons. The zero-order valence-corrected chi connectivity index (χ0v) is 16.7. The third kappa shape index (κ3) is 17.2. The number of carbonyl (C=O) groups is 1. The maximum Gasteiger partial charge on any atom is 0.217 e. The smallest absolute Gasteiger partial charge is 0.217 e. The molecule has 7 N–H and O–H groups in total. The first-order valence-electron chi connectivity index (χ1n) is 9.10. The van der Waals surface area contributed by atoms with Crippen LogP contribution in [-0.4, -0.2) is 121 Å². The minimum atomic E-state index is -0.618. The summed E-state index contributed by atoms with van der Waals surface area (Å²) in [6, 6.07) is -0.182. The largest absolute Gasteiger partial charge is 0.394 e. The van der Waals surface area contributed by atoms with Crippen LogP contribution < -0.4 is 5.32 Å². The van der Waals surface area contributed by atoms with Crippen molar-refractivity contribution in [3.8, 4) is 0 Å². The standard InChI is InChI=1S/C13H27NO7.C4H10O3/c1-10(19)14-11(2-4-20-12(6-15)7-16)3-5-21-13(8-17)9-18;1-7-4(2-5)3-6/h11-13,15-18H,2-9H2,1H3,(H,14,19);4-6H,2-3H2,1H3. The highest BCUT2D eigenvalue weighted by Gasteiger charge is 2.14. The molecular weight excluding hydrogens is 378 g/mol. The molecule has 0 heterocycles. The summed E-state index contributed by atoms with van der Waals surface area (Å²) in [7, 11) is 1.44. The van der Waals surface area contributed by atoms with E-state index in [1.54, 1.807) is 0 Å². The van der Waals surface area contributed by atoms with Gasteiger partial charge in [-0.3, -0.25) is 4.79 Å². The van der Waals surface area contributed by atoms with Crippen LogP contribution >= 0.6 is 0 Å². The zero-order valence-electron chi connectivity index (χ0n) is 16.7. The molecule has 0 spiro atoms. The molecule has 0 radical (unpaired) electrons. The molecule has 0 aliphatic carbocycles. The summed E-state index contributed by atoms with van der Waals surface area (Å²) in [5, 5.41) is 54.7. The molecule has 0 aliphatic rings. The van der Waals surface area contributed by atoms with E-state index in [9.17, 15) is 4.79 Å². The summed E-state index contributed by atoms with van der Waals surface area (Å²) in [6.45, 7) is 0.667. The molecule has 0 fully saturated rings. The molecule has 1 amide bonds. The maximum absolute atomic E-state index is 11.1. The van der Waals surface area contributed by atoms with Crippen LogP contribution in [0.15, 0.2) is 0 Å². The summed E-state index contributed by atoms with van der Waals surface area (Å²) in [5.74, 6) is -0.179. The number of aliphatic hydroxyl groups is 6. The average molecular weight is 415 g/mol. The number of ether oxygens (including phenoxy) is 3. The quantitative estimate of drug-likeness (QED) is 0.137. The number of hydrogen-bond acceptors (Lipinski definition) is 10. The second kappa shape index (κ2) is 20.8. The van der Waals surface area contributed by atoms with Crippen LogP contribution in [0.4, 0.5) is 0 Å². The molecule has 11 nitrogen and oxygen atoms in total. The monoisotopic (exact) mass is 415 g/mol. The molecule has 0 rings (SSSR count). The lowest BCUT2D eigenvalue weighted by molar-refractivity contribution is -0.120. The van der Waals surface area contributed by atoms with E-state index in [-0.39, 0.29) is 64.8 Å². The highest BCUT2D eigenvalue weighted by Crippen LogP contribution is 2.03. The van der Waals surface area contributed by atoms with E-state index in [1.807, 2.05) is 0 Å². The van der Waals surface area contributed by atoms with Gasteiger partial charge in [0.1, 0.15) is 18.3 Å². The Morgan fingerprint density at radius 2 is 1.11 bits per heavy atom. The fourth-order valence-electron chi connectivity index (χ4n) is 1.86. The predicted octanol–water partition coefficient (Wildman–Crippen LogP) is -3.00. The van der Waals surface area contributed by atoms with Gasteiger partial charge in [0.15, 0.2) is 0 Å². The van der Waals surface area contributed by atoms with Crippen molar-refractivity contribution < 1.29 is 49.6 Å². The second-order valence-electron chi connectivity index (χ2n) is 5.91. The number of carbonyl (C=O) groups excluding carboxylic acids is 1. The third-order valence-corrected chi connectivity index (χ3v) is 3.60. The second-order valence-corrected chi connectivity index (χ2v) is 5.91. The van der Waals surface area contributed by atoms with Gasteiger partial charge in [0.25, 0.3) is 0 Å². The molecule has 0 saturated carbocycles. The molecule has 0 atom stereocenters. The Balaban J connectivity index is 0. The molecule has 0 aromatic heterocycles. The molecule has 0 unspecified atom stereocenters. The number of aliphatic hydroxyl groups excluding tert-OH is 6. The van der Waals surface area contributed by atoms with Crippen molar-refractivity contribution in [2.45, 2.75) is 44.1 Å².